The van der Waals surface area contributed by atoms with Crippen molar-refractivity contribution in [1.82, 2.24) is 4.72 Å². The van der Waals surface area contributed by atoms with Crippen LogP contribution < -0.4 is 9.46 Å². The smallest absolute Gasteiger partial charge is 0.387 e. The summed E-state index contributed by atoms with van der Waals surface area (Å²) in [4.78, 5) is 24.6. The van der Waals surface area contributed by atoms with Gasteiger partial charge in [0.2, 0.25) is 15.8 Å². The van der Waals surface area contributed by atoms with Crippen LogP contribution in [0.15, 0.2) is 70.2 Å². The van der Waals surface area contributed by atoms with Gasteiger partial charge in [0.25, 0.3) is 0 Å². The van der Waals surface area contributed by atoms with E-state index in [1.54, 1.807) is 19.1 Å². The average molecular weight is 479 g/mol. The van der Waals surface area contributed by atoms with E-state index < -0.39 is 35.0 Å². The van der Waals surface area contributed by atoms with Crippen molar-refractivity contribution >= 4 is 21.8 Å². The summed E-state index contributed by atoms with van der Waals surface area (Å²) in [6, 6.07) is 12.2. The van der Waals surface area contributed by atoms with E-state index in [2.05, 4.69) is 9.46 Å². The van der Waals surface area contributed by atoms with Gasteiger partial charge in [0.1, 0.15) is 11.5 Å². The number of furan rings is 1. The Labute approximate surface area is 188 Å². The van der Waals surface area contributed by atoms with Crippen LogP contribution in [-0.4, -0.2) is 33.4 Å². The topological polar surface area (TPSA) is 112 Å². The van der Waals surface area contributed by atoms with Crippen LogP contribution in [0.4, 0.5) is 8.78 Å². The van der Waals surface area contributed by atoms with Crippen molar-refractivity contribution in [2.75, 3.05) is 6.61 Å². The predicted molar refractivity (Wildman–Crippen MR) is 112 cm³/mol. The fourth-order valence-corrected chi connectivity index (χ4v) is 3.78. The van der Waals surface area contributed by atoms with Gasteiger partial charge in [-0.05, 0) is 55.5 Å². The molecule has 1 aromatic heterocycles. The maximum atomic E-state index is 12.6. The summed E-state index contributed by atoms with van der Waals surface area (Å²) in [5.74, 6) is -1.52. The molecule has 0 saturated carbocycles. The van der Waals surface area contributed by atoms with Gasteiger partial charge in [0, 0.05) is 0 Å². The molecule has 0 atom stereocenters. The third-order valence-electron chi connectivity index (χ3n) is 4.40. The molecule has 0 spiro atoms. The summed E-state index contributed by atoms with van der Waals surface area (Å²) in [6.45, 7) is -2.22. The number of hydrogen-bond donors (Lipinski definition) is 1. The Kier molecular flexibility index (Phi) is 7.56. The van der Waals surface area contributed by atoms with Gasteiger partial charge in [-0.1, -0.05) is 11.6 Å². The summed E-state index contributed by atoms with van der Waals surface area (Å²) in [5.41, 5.74) is 0.483. The SMILES string of the molecule is Cc1ccc(OC(F)F)c(C(=O)COC(=O)c2ccc(S(=O)(=O)NCc3ccco3)cc2)c1. The first kappa shape index (κ1) is 24.1. The first-order chi connectivity index (χ1) is 15.7. The molecule has 0 aliphatic rings. The van der Waals surface area contributed by atoms with E-state index in [0.717, 1.165) is 0 Å². The Hall–Kier alpha value is -3.57. The van der Waals surface area contributed by atoms with E-state index in [1.807, 2.05) is 0 Å². The van der Waals surface area contributed by atoms with Crippen LogP contribution in [0.25, 0.3) is 0 Å². The molecular weight excluding hydrogens is 460 g/mol. The van der Waals surface area contributed by atoms with Crippen molar-refractivity contribution < 1.29 is 40.7 Å². The highest BCUT2D eigenvalue weighted by Crippen LogP contribution is 2.23. The van der Waals surface area contributed by atoms with Gasteiger partial charge >= 0.3 is 12.6 Å². The molecule has 0 radical (unpaired) electrons. The fourth-order valence-electron chi connectivity index (χ4n) is 2.79. The van der Waals surface area contributed by atoms with Gasteiger partial charge in [-0.2, -0.15) is 8.78 Å². The zero-order chi connectivity index (χ0) is 24.0. The van der Waals surface area contributed by atoms with Crippen molar-refractivity contribution in [3.05, 3.63) is 83.3 Å². The first-order valence-electron chi connectivity index (χ1n) is 9.53. The number of halogens is 2. The molecule has 0 fully saturated rings. The number of ether oxygens (including phenoxy) is 2. The van der Waals surface area contributed by atoms with Crippen molar-refractivity contribution in [3.8, 4) is 5.75 Å². The minimum absolute atomic E-state index is 0.00100. The molecule has 0 unspecified atom stereocenters. The summed E-state index contributed by atoms with van der Waals surface area (Å²) >= 11 is 0. The molecule has 3 rings (SSSR count). The molecule has 3 aromatic rings. The number of alkyl halides is 2. The molecule has 33 heavy (non-hydrogen) atoms. The Morgan fingerprint density at radius 3 is 2.45 bits per heavy atom. The molecule has 1 N–H and O–H groups in total. The minimum Gasteiger partial charge on any atom is -0.468 e. The normalized spacial score (nSPS) is 11.4. The highest BCUT2D eigenvalue weighted by molar-refractivity contribution is 7.89. The van der Waals surface area contributed by atoms with Crippen LogP contribution >= 0.6 is 0 Å². The Balaban J connectivity index is 1.62. The lowest BCUT2D eigenvalue weighted by Gasteiger charge is -2.11. The standard InChI is InChI=1S/C22H19F2NO7S/c1-14-4-9-20(32-22(23)24)18(11-14)19(26)13-31-21(27)15-5-7-17(8-6-15)33(28,29)25-12-16-3-2-10-30-16/h2-11,22,25H,12-13H2,1H3. The van der Waals surface area contributed by atoms with Crippen LogP contribution in [0, 0.1) is 6.92 Å². The number of Topliss-reactive ketones (excluding diaryl/α,β-unsaturated/α-hetero) is 1. The maximum Gasteiger partial charge on any atom is 0.387 e. The predicted octanol–water partition coefficient (Wildman–Crippen LogP) is 3.71. The Morgan fingerprint density at radius 1 is 1.09 bits per heavy atom. The second-order valence-corrected chi connectivity index (χ2v) is 8.57. The molecule has 8 nitrogen and oxygen atoms in total. The van der Waals surface area contributed by atoms with E-state index in [0.29, 0.717) is 11.3 Å². The van der Waals surface area contributed by atoms with Gasteiger partial charge in [-0.15, -0.1) is 0 Å². The number of nitrogens with one attached hydrogen (secondary N) is 1. The zero-order valence-corrected chi connectivity index (χ0v) is 18.1. The molecule has 174 valence electrons. The molecule has 0 amide bonds. The van der Waals surface area contributed by atoms with Gasteiger partial charge in [-0.3, -0.25) is 4.79 Å². The lowest BCUT2D eigenvalue weighted by molar-refractivity contribution is -0.0502. The first-order valence-corrected chi connectivity index (χ1v) is 11.0. The van der Waals surface area contributed by atoms with Gasteiger partial charge in [0.15, 0.2) is 6.61 Å². The van der Waals surface area contributed by atoms with E-state index in [1.165, 1.54) is 48.7 Å². The molecule has 0 aliphatic heterocycles. The lowest BCUT2D eigenvalue weighted by Crippen LogP contribution is -2.23. The summed E-state index contributed by atoms with van der Waals surface area (Å²) in [6.07, 6.45) is 1.42. The molecule has 1 heterocycles. The quantitative estimate of drug-likeness (QED) is 0.349. The minimum atomic E-state index is -3.85. The number of rotatable bonds is 10. The number of esters is 1. The van der Waals surface area contributed by atoms with E-state index in [9.17, 15) is 26.8 Å². The van der Waals surface area contributed by atoms with E-state index in [4.69, 9.17) is 9.15 Å². The summed E-state index contributed by atoms with van der Waals surface area (Å²) in [7, 11) is -3.85. The molecule has 2 aromatic carbocycles. The second-order valence-electron chi connectivity index (χ2n) is 6.81. The van der Waals surface area contributed by atoms with Crippen LogP contribution in [0.1, 0.15) is 32.0 Å². The van der Waals surface area contributed by atoms with Crippen LogP contribution in [-0.2, 0) is 21.3 Å². The zero-order valence-electron chi connectivity index (χ0n) is 17.3. The number of hydrogen-bond acceptors (Lipinski definition) is 7. The monoisotopic (exact) mass is 479 g/mol. The van der Waals surface area contributed by atoms with Crippen molar-refractivity contribution in [1.29, 1.82) is 0 Å². The van der Waals surface area contributed by atoms with E-state index in [-0.39, 0.29) is 28.3 Å². The fraction of sp³-hybridized carbons (Fsp3) is 0.182. The molecular formula is C22H19F2NO7S. The highest BCUT2D eigenvalue weighted by Gasteiger charge is 2.19. The summed E-state index contributed by atoms with van der Waals surface area (Å²) < 4.78 is 66.5. The Morgan fingerprint density at radius 2 is 1.82 bits per heavy atom. The largest absolute Gasteiger partial charge is 0.468 e. The van der Waals surface area contributed by atoms with Gasteiger partial charge in [-0.25, -0.2) is 17.9 Å². The number of carbonyl (C=O) groups excluding carboxylic acids is 2. The van der Waals surface area contributed by atoms with Gasteiger partial charge < -0.3 is 13.9 Å². The molecule has 0 saturated heterocycles. The Bertz CT molecular complexity index is 1220. The number of carbonyl (C=O) groups is 2. The van der Waals surface area contributed by atoms with Crippen LogP contribution in [0.2, 0.25) is 0 Å². The second kappa shape index (κ2) is 10.4. The maximum absolute atomic E-state index is 12.6. The number of benzene rings is 2. The number of ketones is 1. The number of aryl methyl sites for hydroxylation is 1. The van der Waals surface area contributed by atoms with Crippen molar-refractivity contribution in [2.24, 2.45) is 0 Å². The highest BCUT2D eigenvalue weighted by atomic mass is 32.2. The average Bonchev–Trinajstić information content (AvgIpc) is 3.31. The van der Waals surface area contributed by atoms with Crippen molar-refractivity contribution in [3.63, 3.8) is 0 Å². The van der Waals surface area contributed by atoms with E-state index >= 15 is 0 Å². The third kappa shape index (κ3) is 6.46. The molecule has 0 aliphatic carbocycles. The van der Waals surface area contributed by atoms with Gasteiger partial charge in [0.05, 0.1) is 28.8 Å². The summed E-state index contributed by atoms with van der Waals surface area (Å²) in [5, 5.41) is 0. The van der Waals surface area contributed by atoms with Crippen LogP contribution in [0.3, 0.4) is 0 Å². The lowest BCUT2D eigenvalue weighted by atomic mass is 10.1. The third-order valence-corrected chi connectivity index (χ3v) is 5.82. The number of sulfonamides is 1. The van der Waals surface area contributed by atoms with Crippen LogP contribution in [0.5, 0.6) is 5.75 Å². The molecule has 11 heteroatoms. The molecule has 0 bridgehead atoms. The van der Waals surface area contributed by atoms with Crippen molar-refractivity contribution in [2.45, 2.75) is 25.0 Å².